The largest absolute Gasteiger partial charge is 0.492 e. The van der Waals surface area contributed by atoms with Gasteiger partial charge in [-0.1, -0.05) is 42.5 Å². The monoisotopic (exact) mass is 442 g/mol. The average Bonchev–Trinajstić information content (AvgIpc) is 2.76. The molecule has 8 heteroatoms. The summed E-state index contributed by atoms with van der Waals surface area (Å²) in [5.41, 5.74) is 1.03. The van der Waals surface area contributed by atoms with Crippen LogP contribution in [0.3, 0.4) is 0 Å². The smallest absolute Gasteiger partial charge is 0.251 e. The summed E-state index contributed by atoms with van der Waals surface area (Å²) in [5, 5.41) is 2.77. The highest BCUT2D eigenvalue weighted by Gasteiger charge is 2.21. The Kier molecular flexibility index (Phi) is 7.25. The second kappa shape index (κ2) is 10.1. The standard InChI is InChI=1S/C23H23FN2O4S/c1-31(28,29)26(22-10-6-5-9-21(22)24)17-18-11-13-19(14-12-18)23(27)25-15-16-30-20-7-3-2-4-8-20/h2-14H,15-17H2,1H3,(H,25,27). The molecule has 0 bridgehead atoms. The number of carbonyl (C=O) groups excluding carboxylic acids is 1. The molecule has 3 aromatic carbocycles. The summed E-state index contributed by atoms with van der Waals surface area (Å²) in [6, 6.07) is 21.5. The normalized spacial score (nSPS) is 11.0. The Morgan fingerprint density at radius 3 is 2.26 bits per heavy atom. The van der Waals surface area contributed by atoms with E-state index in [4.69, 9.17) is 4.74 Å². The van der Waals surface area contributed by atoms with Crippen molar-refractivity contribution in [1.29, 1.82) is 0 Å². The molecule has 0 atom stereocenters. The van der Waals surface area contributed by atoms with Crippen LogP contribution in [0.4, 0.5) is 10.1 Å². The van der Waals surface area contributed by atoms with Crippen molar-refractivity contribution < 1.29 is 22.3 Å². The Labute approximate surface area is 181 Å². The minimum atomic E-state index is -3.70. The van der Waals surface area contributed by atoms with E-state index in [1.165, 1.54) is 18.2 Å². The first-order valence-electron chi connectivity index (χ1n) is 9.62. The number of nitrogens with one attached hydrogen (secondary N) is 1. The van der Waals surface area contributed by atoms with Crippen LogP contribution in [0.2, 0.25) is 0 Å². The predicted octanol–water partition coefficient (Wildman–Crippen LogP) is 3.60. The summed E-state index contributed by atoms with van der Waals surface area (Å²) in [6.07, 6.45) is 1.03. The van der Waals surface area contributed by atoms with Crippen molar-refractivity contribution >= 4 is 21.6 Å². The van der Waals surface area contributed by atoms with Gasteiger partial charge in [0.2, 0.25) is 10.0 Å². The number of amides is 1. The van der Waals surface area contributed by atoms with Gasteiger partial charge in [-0.3, -0.25) is 9.10 Å². The van der Waals surface area contributed by atoms with Gasteiger partial charge in [-0.05, 0) is 42.0 Å². The fraction of sp³-hybridized carbons (Fsp3) is 0.174. The minimum Gasteiger partial charge on any atom is -0.492 e. The molecule has 0 aliphatic heterocycles. The van der Waals surface area contributed by atoms with Gasteiger partial charge in [0.1, 0.15) is 18.2 Å². The fourth-order valence-electron chi connectivity index (χ4n) is 2.91. The topological polar surface area (TPSA) is 75.7 Å². The zero-order chi connectivity index (χ0) is 22.3. The summed E-state index contributed by atoms with van der Waals surface area (Å²) in [6.45, 7) is 0.622. The predicted molar refractivity (Wildman–Crippen MR) is 118 cm³/mol. The van der Waals surface area contributed by atoms with Crippen molar-refractivity contribution in [1.82, 2.24) is 5.32 Å². The SMILES string of the molecule is CS(=O)(=O)N(Cc1ccc(C(=O)NCCOc2ccccc2)cc1)c1ccccc1F. The molecule has 3 aromatic rings. The highest BCUT2D eigenvalue weighted by atomic mass is 32.2. The molecular weight excluding hydrogens is 419 g/mol. The second-order valence-electron chi connectivity index (χ2n) is 6.84. The molecule has 0 heterocycles. The molecule has 0 fully saturated rings. The second-order valence-corrected chi connectivity index (χ2v) is 8.74. The van der Waals surface area contributed by atoms with Gasteiger partial charge in [-0.2, -0.15) is 0 Å². The van der Waals surface area contributed by atoms with Gasteiger partial charge >= 0.3 is 0 Å². The zero-order valence-corrected chi connectivity index (χ0v) is 17.8. The fourth-order valence-corrected chi connectivity index (χ4v) is 3.80. The molecule has 0 radical (unpaired) electrons. The number of rotatable bonds is 9. The maximum absolute atomic E-state index is 14.1. The Hall–Kier alpha value is -3.39. The Balaban J connectivity index is 1.59. The molecule has 1 amide bonds. The Morgan fingerprint density at radius 2 is 1.61 bits per heavy atom. The van der Waals surface area contributed by atoms with Crippen LogP contribution in [-0.4, -0.2) is 33.7 Å². The molecule has 0 unspecified atom stereocenters. The molecule has 1 N–H and O–H groups in total. The van der Waals surface area contributed by atoms with E-state index in [9.17, 15) is 17.6 Å². The molecule has 31 heavy (non-hydrogen) atoms. The highest BCUT2D eigenvalue weighted by Crippen LogP contribution is 2.23. The van der Waals surface area contributed by atoms with E-state index in [1.54, 1.807) is 30.3 Å². The number of ether oxygens (including phenoxy) is 1. The van der Waals surface area contributed by atoms with Gasteiger partial charge in [-0.25, -0.2) is 12.8 Å². The molecule has 0 aliphatic carbocycles. The maximum Gasteiger partial charge on any atom is 0.251 e. The number of hydrogen-bond acceptors (Lipinski definition) is 4. The first-order chi connectivity index (χ1) is 14.8. The van der Waals surface area contributed by atoms with Crippen molar-refractivity contribution in [3.63, 3.8) is 0 Å². The zero-order valence-electron chi connectivity index (χ0n) is 17.0. The van der Waals surface area contributed by atoms with E-state index in [0.29, 0.717) is 24.3 Å². The van der Waals surface area contributed by atoms with Crippen LogP contribution in [0, 0.1) is 5.82 Å². The number of carbonyl (C=O) groups is 1. The molecule has 6 nitrogen and oxygen atoms in total. The Bertz CT molecular complexity index is 1120. The van der Waals surface area contributed by atoms with Gasteiger partial charge < -0.3 is 10.1 Å². The number of anilines is 1. The van der Waals surface area contributed by atoms with Gasteiger partial charge in [0.15, 0.2) is 0 Å². The van der Waals surface area contributed by atoms with E-state index < -0.39 is 15.8 Å². The van der Waals surface area contributed by atoms with Crippen molar-refractivity contribution in [2.24, 2.45) is 0 Å². The lowest BCUT2D eigenvalue weighted by Crippen LogP contribution is -2.30. The van der Waals surface area contributed by atoms with Gasteiger partial charge in [0, 0.05) is 5.56 Å². The molecular formula is C23H23FN2O4S. The molecule has 0 spiro atoms. The van der Waals surface area contributed by atoms with E-state index in [-0.39, 0.29) is 18.1 Å². The lowest BCUT2D eigenvalue weighted by molar-refractivity contribution is 0.0947. The van der Waals surface area contributed by atoms with Crippen LogP contribution in [0.5, 0.6) is 5.75 Å². The summed E-state index contributed by atoms with van der Waals surface area (Å²) < 4.78 is 45.1. The van der Waals surface area contributed by atoms with Crippen LogP contribution in [0.1, 0.15) is 15.9 Å². The van der Waals surface area contributed by atoms with Crippen molar-refractivity contribution in [3.8, 4) is 5.75 Å². The number of sulfonamides is 1. The quantitative estimate of drug-likeness (QED) is 0.514. The number of nitrogens with zero attached hydrogens (tertiary/aromatic N) is 1. The molecule has 0 aliphatic rings. The first kappa shape index (κ1) is 22.3. The summed E-state index contributed by atoms with van der Waals surface area (Å²) in [4.78, 5) is 12.3. The van der Waals surface area contributed by atoms with Crippen LogP contribution in [0.25, 0.3) is 0 Å². The number of halogens is 1. The van der Waals surface area contributed by atoms with Crippen LogP contribution in [-0.2, 0) is 16.6 Å². The summed E-state index contributed by atoms with van der Waals surface area (Å²) >= 11 is 0. The third-order valence-electron chi connectivity index (χ3n) is 4.46. The third kappa shape index (κ3) is 6.29. The van der Waals surface area contributed by atoms with Gasteiger partial charge in [0.25, 0.3) is 5.91 Å². The first-order valence-corrected chi connectivity index (χ1v) is 11.5. The van der Waals surface area contributed by atoms with E-state index in [2.05, 4.69) is 5.32 Å². The molecule has 0 aromatic heterocycles. The summed E-state index contributed by atoms with van der Waals surface area (Å²) in [5.74, 6) is -0.162. The minimum absolute atomic E-state index is 0.0229. The lowest BCUT2D eigenvalue weighted by Gasteiger charge is -2.23. The van der Waals surface area contributed by atoms with Crippen LogP contribution >= 0.6 is 0 Å². The molecule has 162 valence electrons. The van der Waals surface area contributed by atoms with E-state index >= 15 is 0 Å². The number of para-hydroxylation sites is 2. The van der Waals surface area contributed by atoms with E-state index in [0.717, 1.165) is 16.3 Å². The third-order valence-corrected chi connectivity index (χ3v) is 5.59. The van der Waals surface area contributed by atoms with Gasteiger partial charge in [0.05, 0.1) is 25.0 Å². The van der Waals surface area contributed by atoms with Crippen LogP contribution < -0.4 is 14.4 Å². The number of benzene rings is 3. The highest BCUT2D eigenvalue weighted by molar-refractivity contribution is 7.92. The maximum atomic E-state index is 14.1. The van der Waals surface area contributed by atoms with Crippen molar-refractivity contribution in [3.05, 3.63) is 95.8 Å². The van der Waals surface area contributed by atoms with E-state index in [1.807, 2.05) is 30.3 Å². The molecule has 0 saturated heterocycles. The molecule has 0 saturated carbocycles. The average molecular weight is 443 g/mol. The van der Waals surface area contributed by atoms with Crippen molar-refractivity contribution in [2.75, 3.05) is 23.7 Å². The van der Waals surface area contributed by atoms with Gasteiger partial charge in [-0.15, -0.1) is 0 Å². The van der Waals surface area contributed by atoms with Crippen molar-refractivity contribution in [2.45, 2.75) is 6.54 Å². The number of hydrogen-bond donors (Lipinski definition) is 1. The van der Waals surface area contributed by atoms with Crippen LogP contribution in [0.15, 0.2) is 78.9 Å². The summed E-state index contributed by atoms with van der Waals surface area (Å²) in [7, 11) is -3.70. The lowest BCUT2D eigenvalue weighted by atomic mass is 10.1. The molecule has 3 rings (SSSR count). The Morgan fingerprint density at radius 1 is 0.968 bits per heavy atom.